The van der Waals surface area contributed by atoms with E-state index in [1.165, 1.54) is 6.08 Å². The normalized spacial score (nSPS) is 10.8. The summed E-state index contributed by atoms with van der Waals surface area (Å²) in [6.45, 7) is 4.11. The van der Waals surface area contributed by atoms with Crippen LogP contribution in [0.4, 0.5) is 0 Å². The Morgan fingerprint density at radius 3 is 2.27 bits per heavy atom. The lowest BCUT2D eigenvalue weighted by atomic mass is 10.0. The number of benzene rings is 2. The number of hydrogen-bond acceptors (Lipinski definition) is 4. The standard InChI is InChI=1S/C18H18O4/c1-3-21-17(19)10-9-15-11-13-7-5-6-8-14(13)12-16(15)18(20)22-4-2/h5-12H,3-4H2,1-2H3/b10-9+. The molecular formula is C18H18O4. The third-order valence-electron chi connectivity index (χ3n) is 3.10. The fourth-order valence-corrected chi connectivity index (χ4v) is 2.13. The van der Waals surface area contributed by atoms with Crippen LogP contribution in [0.25, 0.3) is 16.8 Å². The molecule has 0 fully saturated rings. The Morgan fingerprint density at radius 2 is 1.64 bits per heavy atom. The summed E-state index contributed by atoms with van der Waals surface area (Å²) in [5.41, 5.74) is 1.06. The van der Waals surface area contributed by atoms with Gasteiger partial charge >= 0.3 is 11.9 Å². The molecule has 0 bridgehead atoms. The molecule has 0 unspecified atom stereocenters. The van der Waals surface area contributed by atoms with Gasteiger partial charge in [0.25, 0.3) is 0 Å². The highest BCUT2D eigenvalue weighted by Gasteiger charge is 2.12. The molecule has 4 nitrogen and oxygen atoms in total. The van der Waals surface area contributed by atoms with Gasteiger partial charge in [0.1, 0.15) is 0 Å². The third kappa shape index (κ3) is 3.73. The minimum Gasteiger partial charge on any atom is -0.463 e. The molecule has 0 spiro atoms. The van der Waals surface area contributed by atoms with Crippen LogP contribution in [0.3, 0.4) is 0 Å². The van der Waals surface area contributed by atoms with E-state index in [4.69, 9.17) is 9.47 Å². The van der Waals surface area contributed by atoms with Gasteiger partial charge in [-0.05, 0) is 48.4 Å². The first-order valence-electron chi connectivity index (χ1n) is 7.20. The van der Waals surface area contributed by atoms with E-state index < -0.39 is 11.9 Å². The Morgan fingerprint density at radius 1 is 1.00 bits per heavy atom. The second kappa shape index (κ2) is 7.41. The van der Waals surface area contributed by atoms with Crippen LogP contribution in [0.15, 0.2) is 42.5 Å². The van der Waals surface area contributed by atoms with Crippen molar-refractivity contribution in [2.75, 3.05) is 13.2 Å². The van der Waals surface area contributed by atoms with Gasteiger partial charge in [-0.1, -0.05) is 24.3 Å². The van der Waals surface area contributed by atoms with Crippen molar-refractivity contribution in [2.24, 2.45) is 0 Å². The van der Waals surface area contributed by atoms with Crippen molar-refractivity contribution in [3.05, 3.63) is 53.6 Å². The van der Waals surface area contributed by atoms with E-state index in [0.717, 1.165) is 10.8 Å². The van der Waals surface area contributed by atoms with Crippen molar-refractivity contribution in [2.45, 2.75) is 13.8 Å². The molecule has 2 rings (SSSR count). The van der Waals surface area contributed by atoms with Crippen molar-refractivity contribution >= 4 is 28.8 Å². The Kier molecular flexibility index (Phi) is 5.31. The first-order chi connectivity index (χ1) is 10.7. The summed E-state index contributed by atoms with van der Waals surface area (Å²) in [4.78, 5) is 23.6. The zero-order chi connectivity index (χ0) is 15.9. The van der Waals surface area contributed by atoms with Gasteiger partial charge in [-0.15, -0.1) is 0 Å². The number of ether oxygens (including phenoxy) is 2. The lowest BCUT2D eigenvalue weighted by Gasteiger charge is -2.08. The quantitative estimate of drug-likeness (QED) is 0.625. The van der Waals surface area contributed by atoms with Crippen LogP contribution in [-0.4, -0.2) is 25.2 Å². The number of fused-ring (bicyclic) bond motifs is 1. The summed E-state index contributed by atoms with van der Waals surface area (Å²) in [5, 5.41) is 1.93. The number of rotatable bonds is 5. The summed E-state index contributed by atoms with van der Waals surface area (Å²) in [7, 11) is 0. The topological polar surface area (TPSA) is 52.6 Å². The van der Waals surface area contributed by atoms with Crippen molar-refractivity contribution in [1.29, 1.82) is 0 Å². The Labute approximate surface area is 129 Å². The fraction of sp³-hybridized carbons (Fsp3) is 0.222. The number of esters is 2. The molecule has 0 amide bonds. The molecule has 0 saturated heterocycles. The molecule has 0 atom stereocenters. The molecule has 114 valence electrons. The lowest BCUT2D eigenvalue weighted by molar-refractivity contribution is -0.137. The average Bonchev–Trinajstić information content (AvgIpc) is 2.52. The zero-order valence-corrected chi connectivity index (χ0v) is 12.7. The Balaban J connectivity index is 2.46. The van der Waals surface area contributed by atoms with E-state index >= 15 is 0 Å². The van der Waals surface area contributed by atoms with E-state index in [0.29, 0.717) is 24.3 Å². The fourth-order valence-electron chi connectivity index (χ4n) is 2.13. The minimum atomic E-state index is -0.439. The predicted octanol–water partition coefficient (Wildman–Crippen LogP) is 3.59. The number of carbonyl (C=O) groups is 2. The number of hydrogen-bond donors (Lipinski definition) is 0. The van der Waals surface area contributed by atoms with Crippen LogP contribution in [0.2, 0.25) is 0 Å². The summed E-state index contributed by atoms with van der Waals surface area (Å²) in [5.74, 6) is -0.845. The van der Waals surface area contributed by atoms with Crippen LogP contribution < -0.4 is 0 Å². The van der Waals surface area contributed by atoms with Crippen molar-refractivity contribution in [3.8, 4) is 0 Å². The molecule has 0 aromatic heterocycles. The van der Waals surface area contributed by atoms with E-state index in [-0.39, 0.29) is 0 Å². The van der Waals surface area contributed by atoms with E-state index in [2.05, 4.69) is 0 Å². The number of carbonyl (C=O) groups excluding carboxylic acids is 2. The highest BCUT2D eigenvalue weighted by Crippen LogP contribution is 2.22. The van der Waals surface area contributed by atoms with Crippen LogP contribution >= 0.6 is 0 Å². The molecular weight excluding hydrogens is 280 g/mol. The van der Waals surface area contributed by atoms with Gasteiger partial charge in [0.2, 0.25) is 0 Å². The molecule has 0 saturated carbocycles. The van der Waals surface area contributed by atoms with Gasteiger partial charge in [0.05, 0.1) is 18.8 Å². The molecule has 0 N–H and O–H groups in total. The summed E-state index contributed by atoms with van der Waals surface area (Å²) in [6, 6.07) is 11.3. The van der Waals surface area contributed by atoms with Crippen molar-refractivity contribution in [1.82, 2.24) is 0 Å². The van der Waals surface area contributed by atoms with E-state index in [9.17, 15) is 9.59 Å². The smallest absolute Gasteiger partial charge is 0.338 e. The second-order valence-electron chi connectivity index (χ2n) is 4.59. The maximum atomic E-state index is 12.1. The molecule has 4 heteroatoms. The monoisotopic (exact) mass is 298 g/mol. The van der Waals surface area contributed by atoms with E-state index in [1.54, 1.807) is 26.0 Å². The average molecular weight is 298 g/mol. The lowest BCUT2D eigenvalue weighted by Crippen LogP contribution is -2.07. The van der Waals surface area contributed by atoms with Gasteiger partial charge in [-0.3, -0.25) is 0 Å². The Bertz CT molecular complexity index is 716. The first kappa shape index (κ1) is 15.8. The Hall–Kier alpha value is -2.62. The van der Waals surface area contributed by atoms with Crippen LogP contribution in [0.1, 0.15) is 29.8 Å². The molecule has 2 aromatic carbocycles. The molecule has 0 heterocycles. The maximum absolute atomic E-state index is 12.1. The highest BCUT2D eigenvalue weighted by atomic mass is 16.5. The summed E-state index contributed by atoms with van der Waals surface area (Å²) in [6.07, 6.45) is 2.90. The van der Waals surface area contributed by atoms with Crippen molar-refractivity contribution < 1.29 is 19.1 Å². The van der Waals surface area contributed by atoms with Gasteiger partial charge < -0.3 is 9.47 Å². The predicted molar refractivity (Wildman–Crippen MR) is 85.6 cm³/mol. The van der Waals surface area contributed by atoms with Gasteiger partial charge in [0, 0.05) is 6.08 Å². The SMILES string of the molecule is CCOC(=O)/C=C/c1cc2ccccc2cc1C(=O)OCC. The third-order valence-corrected chi connectivity index (χ3v) is 3.10. The summed E-state index contributed by atoms with van der Waals surface area (Å²) < 4.78 is 9.94. The second-order valence-corrected chi connectivity index (χ2v) is 4.59. The molecule has 0 aliphatic rings. The highest BCUT2D eigenvalue weighted by molar-refractivity contribution is 6.01. The zero-order valence-electron chi connectivity index (χ0n) is 12.7. The van der Waals surface area contributed by atoms with Gasteiger partial charge in [-0.2, -0.15) is 0 Å². The van der Waals surface area contributed by atoms with Gasteiger partial charge in [-0.25, -0.2) is 9.59 Å². The van der Waals surface area contributed by atoms with Crippen molar-refractivity contribution in [3.63, 3.8) is 0 Å². The maximum Gasteiger partial charge on any atom is 0.338 e. The summed E-state index contributed by atoms with van der Waals surface area (Å²) >= 11 is 0. The minimum absolute atomic E-state index is 0.298. The first-order valence-corrected chi connectivity index (χ1v) is 7.20. The molecule has 0 aliphatic heterocycles. The van der Waals surface area contributed by atoms with E-state index in [1.807, 2.05) is 30.3 Å². The van der Waals surface area contributed by atoms with Gasteiger partial charge in [0.15, 0.2) is 0 Å². The molecule has 0 radical (unpaired) electrons. The van der Waals surface area contributed by atoms with Crippen LogP contribution in [0.5, 0.6) is 0 Å². The molecule has 22 heavy (non-hydrogen) atoms. The largest absolute Gasteiger partial charge is 0.463 e. The van der Waals surface area contributed by atoms with Crippen LogP contribution in [0, 0.1) is 0 Å². The van der Waals surface area contributed by atoms with Crippen LogP contribution in [-0.2, 0) is 14.3 Å². The molecule has 2 aromatic rings. The molecule has 0 aliphatic carbocycles.